The van der Waals surface area contributed by atoms with Crippen LogP contribution in [0.1, 0.15) is 74.9 Å². The lowest BCUT2D eigenvalue weighted by Crippen LogP contribution is -2.30. The molecular weight excluding hydrogens is 1410 g/mol. The number of aromatic nitrogens is 6. The molecule has 6 aliphatic rings. The fourth-order valence-corrected chi connectivity index (χ4v) is 18.1. The van der Waals surface area contributed by atoms with Gasteiger partial charge in [0.2, 0.25) is 0 Å². The number of fused-ring (bicyclic) bond motifs is 12. The van der Waals surface area contributed by atoms with E-state index < -0.39 is 0 Å². The van der Waals surface area contributed by atoms with Gasteiger partial charge in [0.25, 0.3) is 0 Å². The van der Waals surface area contributed by atoms with Gasteiger partial charge in [-0.3, -0.25) is 14.7 Å². The standard InChI is InChI=1S/C99H72N12O3/c1-97(2)67-25-7-13-31-73(67)106(74-32-14-8-26-68(74)97)64-43-46-82-88(58-64)112-85-40-22-19-37-79(85)109(82)91-49-52-100-94(103-91)61-55-62(95-101-53-50-92(104-95)110-80-38-20-23-41-86(80)113-89-59-65(44-47-83(89)110)107-75-33-15-9-27-69(75)98(3,4)70-28-10-16-34-76(70)107)57-63(56-61)96-102-54-51-93(105-96)111-81-39-21-24-42-87(81)114-90-60-66(45-48-84(90)111)108-77-35-17-11-29-71(77)99(5,6)72-30-12-18-36-78(72)108/h7-60H,1-6H3. The third-order valence-corrected chi connectivity index (χ3v) is 23.5. The molecule has 3 aromatic heterocycles. The third-order valence-electron chi connectivity index (χ3n) is 23.5. The molecule has 22 rings (SSSR count). The van der Waals surface area contributed by atoms with Gasteiger partial charge in [0.15, 0.2) is 52.0 Å². The average molecular weight is 1480 g/mol. The topological polar surface area (TPSA) is 124 Å². The highest BCUT2D eigenvalue weighted by atomic mass is 16.5. The molecule has 9 heterocycles. The predicted octanol–water partition coefficient (Wildman–Crippen LogP) is 26.1. The Morgan fingerprint density at radius 2 is 0.430 bits per heavy atom. The van der Waals surface area contributed by atoms with Crippen LogP contribution in [0.5, 0.6) is 34.5 Å². The Bertz CT molecular complexity index is 5900. The number of benzene rings is 13. The molecule has 0 N–H and O–H groups in total. The number of nitrogens with zero attached hydrogens (tertiary/aromatic N) is 12. The van der Waals surface area contributed by atoms with Crippen LogP contribution in [0.2, 0.25) is 0 Å². The predicted molar refractivity (Wildman–Crippen MR) is 454 cm³/mol. The molecule has 114 heavy (non-hydrogen) atoms. The zero-order chi connectivity index (χ0) is 76.3. The van der Waals surface area contributed by atoms with Crippen LogP contribution >= 0.6 is 0 Å². The second kappa shape index (κ2) is 25.2. The quantitative estimate of drug-likeness (QED) is 0.136. The van der Waals surface area contributed by atoms with Crippen molar-refractivity contribution < 1.29 is 14.2 Å². The summed E-state index contributed by atoms with van der Waals surface area (Å²) in [5.41, 5.74) is 23.3. The van der Waals surface area contributed by atoms with E-state index in [2.05, 4.69) is 308 Å². The smallest absolute Gasteiger partial charge is 0.161 e. The maximum atomic E-state index is 6.96. The molecule has 13 aromatic carbocycles. The first kappa shape index (κ1) is 66.3. The van der Waals surface area contributed by atoms with Crippen LogP contribution in [-0.2, 0) is 16.2 Å². The Labute approximate surface area is 660 Å². The molecule has 0 saturated heterocycles. The van der Waals surface area contributed by atoms with Crippen LogP contribution in [0.25, 0.3) is 34.2 Å². The van der Waals surface area contributed by atoms with Crippen LogP contribution in [0, 0.1) is 0 Å². The second-order valence-electron chi connectivity index (χ2n) is 31.2. The lowest BCUT2D eigenvalue weighted by Gasteiger charge is -2.42. The fraction of sp³-hybridized carbons (Fsp3) is 0.0909. The van der Waals surface area contributed by atoms with Gasteiger partial charge in [-0.25, -0.2) is 29.9 Å². The van der Waals surface area contributed by atoms with E-state index in [0.717, 1.165) is 85.3 Å². The van der Waals surface area contributed by atoms with Crippen LogP contribution in [0.3, 0.4) is 0 Å². The Morgan fingerprint density at radius 3 is 0.684 bits per heavy atom. The molecule has 0 unspecified atom stereocenters. The van der Waals surface area contributed by atoms with Crippen molar-refractivity contribution in [3.05, 3.63) is 361 Å². The molecular formula is C99H72N12O3. The van der Waals surface area contributed by atoms with E-state index in [1.807, 2.05) is 91.4 Å². The minimum atomic E-state index is -0.226. The summed E-state index contributed by atoms with van der Waals surface area (Å²) in [7, 11) is 0. The van der Waals surface area contributed by atoms with Gasteiger partial charge in [0, 0.05) is 69.7 Å². The molecule has 0 radical (unpaired) electrons. The first-order chi connectivity index (χ1) is 55.8. The average Bonchev–Trinajstić information content (AvgIpc) is 0.728. The largest absolute Gasteiger partial charge is 0.453 e. The van der Waals surface area contributed by atoms with Crippen molar-refractivity contribution in [1.82, 2.24) is 29.9 Å². The summed E-state index contributed by atoms with van der Waals surface area (Å²) >= 11 is 0. The summed E-state index contributed by atoms with van der Waals surface area (Å²) in [6.07, 6.45) is 5.45. The van der Waals surface area contributed by atoms with Gasteiger partial charge in [-0.1, -0.05) is 187 Å². The number of hydrogen-bond acceptors (Lipinski definition) is 15. The lowest BCUT2D eigenvalue weighted by atomic mass is 9.73. The van der Waals surface area contributed by atoms with E-state index in [9.17, 15) is 0 Å². The van der Waals surface area contributed by atoms with Crippen molar-refractivity contribution in [2.75, 3.05) is 29.4 Å². The molecule has 16 aromatic rings. The van der Waals surface area contributed by atoms with Crippen molar-refractivity contribution in [3.63, 3.8) is 0 Å². The zero-order valence-corrected chi connectivity index (χ0v) is 63.3. The molecule has 15 nitrogen and oxygen atoms in total. The maximum absolute atomic E-state index is 6.96. The Kier molecular flexibility index (Phi) is 14.6. The maximum Gasteiger partial charge on any atom is 0.161 e. The molecule has 0 amide bonds. The van der Waals surface area contributed by atoms with Gasteiger partial charge in [-0.05, 0) is 179 Å². The first-order valence-electron chi connectivity index (χ1n) is 38.5. The summed E-state index contributed by atoms with van der Waals surface area (Å²) < 4.78 is 20.9. The van der Waals surface area contributed by atoms with Gasteiger partial charge in [-0.15, -0.1) is 0 Å². The van der Waals surface area contributed by atoms with Crippen molar-refractivity contribution in [3.8, 4) is 68.7 Å². The van der Waals surface area contributed by atoms with Gasteiger partial charge >= 0.3 is 0 Å². The van der Waals surface area contributed by atoms with Gasteiger partial charge in [-0.2, -0.15) is 0 Å². The Morgan fingerprint density at radius 1 is 0.211 bits per heavy atom. The summed E-state index contributed by atoms with van der Waals surface area (Å²) in [5.74, 6) is 7.27. The molecule has 0 atom stereocenters. The van der Waals surface area contributed by atoms with E-state index in [0.29, 0.717) is 86.1 Å². The normalized spacial score (nSPS) is 14.9. The number of ether oxygens (including phenoxy) is 3. The Hall–Kier alpha value is -14.7. The molecule has 0 saturated carbocycles. The van der Waals surface area contributed by atoms with Gasteiger partial charge in [0.05, 0.1) is 85.3 Å². The van der Waals surface area contributed by atoms with Crippen LogP contribution in [0.4, 0.5) is 103 Å². The van der Waals surface area contributed by atoms with Crippen molar-refractivity contribution in [1.29, 1.82) is 0 Å². The fourth-order valence-electron chi connectivity index (χ4n) is 18.1. The molecule has 0 bridgehead atoms. The van der Waals surface area contributed by atoms with Crippen LogP contribution < -0.4 is 43.6 Å². The summed E-state index contributed by atoms with van der Waals surface area (Å²) in [6, 6.07) is 108. The van der Waals surface area contributed by atoms with E-state index >= 15 is 0 Å². The molecule has 0 aliphatic carbocycles. The van der Waals surface area contributed by atoms with Crippen molar-refractivity contribution in [2.24, 2.45) is 0 Å². The molecule has 0 spiro atoms. The van der Waals surface area contributed by atoms with E-state index in [1.54, 1.807) is 0 Å². The zero-order valence-electron chi connectivity index (χ0n) is 63.3. The SMILES string of the molecule is CC1(C)c2ccccc2N(c2ccc3c(c2)Oc2ccccc2N3c2ccnc(-c3cc(-c4nccc(N5c6ccccc6Oc6cc(N7c8ccccc8C(C)(C)c8ccccc87)ccc65)n4)cc(-c4nccc(N5c6ccccc6Oc6cc(N7c8ccccc8C(C)(C)c8ccccc87)ccc65)n4)c3)n2)c2ccccc21. The number of anilines is 18. The van der Waals surface area contributed by atoms with Crippen molar-refractivity contribution in [2.45, 2.75) is 57.8 Å². The monoisotopic (exact) mass is 1480 g/mol. The lowest BCUT2D eigenvalue weighted by molar-refractivity contribution is 0.476. The highest BCUT2D eigenvalue weighted by molar-refractivity contribution is 5.96. The summed E-state index contributed by atoms with van der Waals surface area (Å²) in [4.78, 5) is 45.6. The van der Waals surface area contributed by atoms with Crippen molar-refractivity contribution >= 4 is 103 Å². The van der Waals surface area contributed by atoms with Crippen LogP contribution in [0.15, 0.2) is 328 Å². The molecule has 0 fully saturated rings. The highest BCUT2D eigenvalue weighted by Gasteiger charge is 2.42. The third kappa shape index (κ3) is 10.2. The Balaban J connectivity index is 0.680. The molecule has 546 valence electrons. The van der Waals surface area contributed by atoms with Gasteiger partial charge in [0.1, 0.15) is 17.5 Å². The minimum Gasteiger partial charge on any atom is -0.453 e. The van der Waals surface area contributed by atoms with E-state index in [-0.39, 0.29) is 16.2 Å². The van der Waals surface area contributed by atoms with E-state index in [4.69, 9.17) is 44.1 Å². The number of para-hydroxylation sites is 12. The second-order valence-corrected chi connectivity index (χ2v) is 31.2. The summed E-state index contributed by atoms with van der Waals surface area (Å²) in [5, 5.41) is 0. The first-order valence-corrected chi connectivity index (χ1v) is 38.5. The summed E-state index contributed by atoms with van der Waals surface area (Å²) in [6.45, 7) is 13.8. The molecule has 15 heteroatoms. The van der Waals surface area contributed by atoms with Gasteiger partial charge < -0.3 is 28.9 Å². The highest BCUT2D eigenvalue weighted by Crippen LogP contribution is 2.61. The number of hydrogen-bond donors (Lipinski definition) is 0. The molecule has 6 aliphatic heterocycles. The minimum absolute atomic E-state index is 0.226. The van der Waals surface area contributed by atoms with Crippen LogP contribution in [-0.4, -0.2) is 29.9 Å². The van der Waals surface area contributed by atoms with E-state index in [1.165, 1.54) is 33.4 Å². The number of rotatable bonds is 9.